The van der Waals surface area contributed by atoms with E-state index in [-0.39, 0.29) is 18.0 Å². The summed E-state index contributed by atoms with van der Waals surface area (Å²) >= 11 is 0. The number of amides is 1. The second kappa shape index (κ2) is 5.10. The molecule has 1 aromatic heterocycles. The van der Waals surface area contributed by atoms with Gasteiger partial charge in [0.2, 0.25) is 0 Å². The zero-order valence-electron chi connectivity index (χ0n) is 11.8. The fourth-order valence-electron chi connectivity index (χ4n) is 2.08. The number of rotatable bonds is 2. The van der Waals surface area contributed by atoms with Crippen molar-refractivity contribution in [1.82, 2.24) is 14.7 Å². The summed E-state index contributed by atoms with van der Waals surface area (Å²) in [6.45, 7) is 6.46. The summed E-state index contributed by atoms with van der Waals surface area (Å²) in [4.78, 5) is 23.6. The van der Waals surface area contributed by atoms with Gasteiger partial charge in [0, 0.05) is 13.1 Å². The number of hydrogen-bond donors (Lipinski definition) is 0. The number of nitrogens with zero attached hydrogens (tertiary/aromatic N) is 4. The molecule has 2 heterocycles. The van der Waals surface area contributed by atoms with Crippen LogP contribution in [-0.2, 0) is 4.74 Å². The van der Waals surface area contributed by atoms with Crippen LogP contribution in [0.4, 0.5) is 10.6 Å². The van der Waals surface area contributed by atoms with Gasteiger partial charge >= 0.3 is 11.9 Å². The molecule has 0 bridgehead atoms. The fourth-order valence-corrected chi connectivity index (χ4v) is 2.08. The second-order valence-electron chi connectivity index (χ2n) is 5.78. The molecule has 0 N–H and O–H groups in total. The number of carbonyl (C=O) groups excluding carboxylic acids is 1. The molecule has 20 heavy (non-hydrogen) atoms. The Morgan fingerprint density at radius 2 is 2.25 bits per heavy atom. The van der Waals surface area contributed by atoms with Crippen LogP contribution in [0.5, 0.6) is 0 Å². The third kappa shape index (κ3) is 3.25. The molecule has 0 aromatic carbocycles. The summed E-state index contributed by atoms with van der Waals surface area (Å²) in [6, 6.07) is 1.31. The first-order valence-corrected chi connectivity index (χ1v) is 6.44. The van der Waals surface area contributed by atoms with Crippen molar-refractivity contribution in [2.24, 2.45) is 0 Å². The van der Waals surface area contributed by atoms with Gasteiger partial charge in [0.05, 0.1) is 23.4 Å². The minimum absolute atomic E-state index is 0.0452. The number of likely N-dealkylation sites (tertiary alicyclic amines) is 1. The average molecular weight is 282 g/mol. The Kier molecular flexibility index (Phi) is 3.65. The van der Waals surface area contributed by atoms with Crippen LogP contribution < -0.4 is 0 Å². The van der Waals surface area contributed by atoms with Crippen molar-refractivity contribution < 1.29 is 14.5 Å². The van der Waals surface area contributed by atoms with Gasteiger partial charge < -0.3 is 19.8 Å². The molecule has 8 heteroatoms. The molecule has 1 atom stereocenters. The van der Waals surface area contributed by atoms with Crippen LogP contribution in [0.1, 0.15) is 33.2 Å². The van der Waals surface area contributed by atoms with Crippen LogP contribution in [0.3, 0.4) is 0 Å². The van der Waals surface area contributed by atoms with Crippen LogP contribution >= 0.6 is 0 Å². The largest absolute Gasteiger partial charge is 0.444 e. The molecule has 1 aliphatic rings. The Bertz CT molecular complexity index is 520. The van der Waals surface area contributed by atoms with Gasteiger partial charge in [-0.2, -0.15) is 4.68 Å². The first kappa shape index (κ1) is 14.3. The number of ether oxygens (including phenoxy) is 1. The fraction of sp³-hybridized carbons (Fsp3) is 0.667. The monoisotopic (exact) mass is 282 g/mol. The third-order valence-corrected chi connectivity index (χ3v) is 2.97. The zero-order valence-corrected chi connectivity index (χ0v) is 11.8. The summed E-state index contributed by atoms with van der Waals surface area (Å²) in [7, 11) is 0. The first-order chi connectivity index (χ1) is 9.26. The van der Waals surface area contributed by atoms with Gasteiger partial charge in [-0.1, -0.05) is 0 Å². The maximum absolute atomic E-state index is 11.9. The smallest absolute Gasteiger partial charge is 0.410 e. The van der Waals surface area contributed by atoms with Gasteiger partial charge in [0.1, 0.15) is 5.60 Å². The molecule has 110 valence electrons. The average Bonchev–Trinajstić information content (AvgIpc) is 2.95. The van der Waals surface area contributed by atoms with Crippen molar-refractivity contribution in [3.05, 3.63) is 22.4 Å². The van der Waals surface area contributed by atoms with Crippen LogP contribution in [0.2, 0.25) is 0 Å². The van der Waals surface area contributed by atoms with E-state index in [4.69, 9.17) is 4.74 Å². The minimum atomic E-state index is -0.531. The highest BCUT2D eigenvalue weighted by molar-refractivity contribution is 5.68. The molecule has 0 saturated carbocycles. The van der Waals surface area contributed by atoms with Crippen LogP contribution in [0, 0.1) is 10.1 Å². The Morgan fingerprint density at radius 3 is 2.80 bits per heavy atom. The number of nitro groups is 1. The highest BCUT2D eigenvalue weighted by Crippen LogP contribution is 2.24. The van der Waals surface area contributed by atoms with Gasteiger partial charge in [-0.15, -0.1) is 0 Å². The number of hydrogen-bond acceptors (Lipinski definition) is 5. The molecule has 1 aliphatic heterocycles. The maximum atomic E-state index is 11.9. The van der Waals surface area contributed by atoms with Crippen LogP contribution in [0.25, 0.3) is 0 Å². The Morgan fingerprint density at radius 1 is 1.55 bits per heavy atom. The van der Waals surface area contributed by atoms with Gasteiger partial charge in [-0.25, -0.2) is 4.79 Å². The quantitative estimate of drug-likeness (QED) is 0.611. The molecule has 1 unspecified atom stereocenters. The molecule has 2 rings (SSSR count). The van der Waals surface area contributed by atoms with E-state index in [1.807, 2.05) is 20.8 Å². The Balaban J connectivity index is 1.98. The summed E-state index contributed by atoms with van der Waals surface area (Å²) in [5, 5.41) is 14.5. The molecular formula is C12H18N4O4. The van der Waals surface area contributed by atoms with Crippen molar-refractivity contribution >= 4 is 11.9 Å². The van der Waals surface area contributed by atoms with Gasteiger partial charge in [0.15, 0.2) is 0 Å². The Labute approximate surface area is 116 Å². The SMILES string of the molecule is CC(C)(C)OC(=O)N1CCC(n2ccc([N+](=O)[O-])n2)C1. The summed E-state index contributed by atoms with van der Waals surface area (Å²) in [5.41, 5.74) is -0.528. The summed E-state index contributed by atoms with van der Waals surface area (Å²) in [6.07, 6.45) is 1.92. The third-order valence-electron chi connectivity index (χ3n) is 2.97. The van der Waals surface area contributed by atoms with E-state index in [0.29, 0.717) is 19.5 Å². The van der Waals surface area contributed by atoms with Gasteiger partial charge in [-0.05, 0) is 32.1 Å². The van der Waals surface area contributed by atoms with Crippen LogP contribution in [0.15, 0.2) is 12.3 Å². The topological polar surface area (TPSA) is 90.5 Å². The van der Waals surface area contributed by atoms with Crippen molar-refractivity contribution in [3.8, 4) is 0 Å². The number of carbonyl (C=O) groups is 1. The molecule has 1 saturated heterocycles. The first-order valence-electron chi connectivity index (χ1n) is 6.44. The summed E-state index contributed by atoms with van der Waals surface area (Å²) < 4.78 is 6.84. The lowest BCUT2D eigenvalue weighted by Gasteiger charge is -2.24. The lowest BCUT2D eigenvalue weighted by Crippen LogP contribution is -2.35. The normalized spacial score (nSPS) is 19.1. The molecular weight excluding hydrogens is 264 g/mol. The van der Waals surface area contributed by atoms with Gasteiger partial charge in [0.25, 0.3) is 0 Å². The standard InChI is InChI=1S/C12H18N4O4/c1-12(2,3)20-11(17)14-6-4-9(8-14)15-7-5-10(13-15)16(18)19/h5,7,9H,4,6,8H2,1-3H3. The van der Waals surface area contributed by atoms with E-state index < -0.39 is 10.5 Å². The summed E-state index contributed by atoms with van der Waals surface area (Å²) in [5.74, 6) is -0.180. The minimum Gasteiger partial charge on any atom is -0.444 e. The molecule has 8 nitrogen and oxygen atoms in total. The molecule has 1 aromatic rings. The molecule has 1 fully saturated rings. The highest BCUT2D eigenvalue weighted by atomic mass is 16.6. The van der Waals surface area contributed by atoms with Crippen molar-refractivity contribution in [2.45, 2.75) is 38.8 Å². The predicted octanol–water partition coefficient (Wildman–Crippen LogP) is 1.97. The second-order valence-corrected chi connectivity index (χ2v) is 5.78. The zero-order chi connectivity index (χ0) is 14.9. The van der Waals surface area contributed by atoms with E-state index in [9.17, 15) is 14.9 Å². The van der Waals surface area contributed by atoms with Crippen molar-refractivity contribution in [1.29, 1.82) is 0 Å². The highest BCUT2D eigenvalue weighted by Gasteiger charge is 2.32. The van der Waals surface area contributed by atoms with E-state index in [2.05, 4.69) is 5.10 Å². The van der Waals surface area contributed by atoms with E-state index in [1.165, 1.54) is 6.07 Å². The molecule has 0 aliphatic carbocycles. The number of aromatic nitrogens is 2. The van der Waals surface area contributed by atoms with E-state index >= 15 is 0 Å². The van der Waals surface area contributed by atoms with Crippen molar-refractivity contribution in [3.63, 3.8) is 0 Å². The molecule has 0 spiro atoms. The van der Waals surface area contributed by atoms with Crippen molar-refractivity contribution in [2.75, 3.05) is 13.1 Å². The lowest BCUT2D eigenvalue weighted by molar-refractivity contribution is -0.389. The predicted molar refractivity (Wildman–Crippen MR) is 70.3 cm³/mol. The lowest BCUT2D eigenvalue weighted by atomic mass is 10.2. The maximum Gasteiger partial charge on any atom is 0.410 e. The van der Waals surface area contributed by atoms with E-state index in [0.717, 1.165) is 0 Å². The van der Waals surface area contributed by atoms with Crippen LogP contribution in [-0.4, -0.2) is 44.4 Å². The Hall–Kier alpha value is -2.12. The molecule has 0 radical (unpaired) electrons. The van der Waals surface area contributed by atoms with Gasteiger partial charge in [-0.3, -0.25) is 0 Å². The van der Waals surface area contributed by atoms with E-state index in [1.54, 1.807) is 15.8 Å². The molecule has 1 amide bonds.